The Morgan fingerprint density at radius 1 is 1.00 bits per heavy atom. The van der Waals surface area contributed by atoms with Crippen molar-refractivity contribution >= 4 is 11.6 Å². The van der Waals surface area contributed by atoms with Gasteiger partial charge in [0, 0.05) is 10.8 Å². The molecule has 0 saturated carbocycles. The topological polar surface area (TPSA) is 34.1 Å². The average Bonchev–Trinajstić information content (AvgIpc) is 2.13. The van der Waals surface area contributed by atoms with Gasteiger partial charge in [0.1, 0.15) is 0 Å². The highest BCUT2D eigenvalue weighted by atomic mass is 19.1. The molecule has 3 heteroatoms. The highest BCUT2D eigenvalue weighted by Gasteiger charge is 2.23. The molecule has 0 amide bonds. The van der Waals surface area contributed by atoms with E-state index in [2.05, 4.69) is 13.2 Å². The SMILES string of the molecule is C=C(F)C(=O)C(C)(C)C.C=CC(=O)C(C)(C)C. The number of Topliss-reactive ketones (excluding diaryl/α,β-unsaturated/α-hetero) is 1. The Kier molecular flexibility index (Phi) is 6.91. The van der Waals surface area contributed by atoms with Crippen LogP contribution in [0.25, 0.3) is 0 Å². The number of hydrogen-bond donors (Lipinski definition) is 0. The average molecular weight is 242 g/mol. The Morgan fingerprint density at radius 2 is 1.35 bits per heavy atom. The molecule has 0 aliphatic carbocycles. The van der Waals surface area contributed by atoms with Crippen molar-refractivity contribution in [2.24, 2.45) is 10.8 Å². The third-order valence-corrected chi connectivity index (χ3v) is 1.85. The molecule has 0 aromatic carbocycles. The van der Waals surface area contributed by atoms with Gasteiger partial charge in [-0.05, 0) is 6.08 Å². The van der Waals surface area contributed by atoms with E-state index in [0.29, 0.717) is 0 Å². The Labute approximate surface area is 104 Å². The van der Waals surface area contributed by atoms with E-state index in [-0.39, 0.29) is 11.2 Å². The minimum Gasteiger partial charge on any atom is -0.294 e. The summed E-state index contributed by atoms with van der Waals surface area (Å²) >= 11 is 0. The molecule has 0 aromatic rings. The summed E-state index contributed by atoms with van der Waals surface area (Å²) in [5, 5.41) is 0. The van der Waals surface area contributed by atoms with Gasteiger partial charge in [0.15, 0.2) is 17.4 Å². The first-order valence-electron chi connectivity index (χ1n) is 5.40. The zero-order chi connectivity index (χ0) is 14.4. The monoisotopic (exact) mass is 242 g/mol. The molecule has 0 heterocycles. The van der Waals surface area contributed by atoms with E-state index in [1.807, 2.05) is 20.8 Å². The lowest BCUT2D eigenvalue weighted by molar-refractivity contribution is -0.124. The summed E-state index contributed by atoms with van der Waals surface area (Å²) in [5.74, 6) is -1.29. The van der Waals surface area contributed by atoms with Crippen LogP contribution in [0.1, 0.15) is 41.5 Å². The Balaban J connectivity index is 0. The molecule has 0 rings (SSSR count). The van der Waals surface area contributed by atoms with E-state index in [9.17, 15) is 14.0 Å². The van der Waals surface area contributed by atoms with E-state index in [0.717, 1.165) is 0 Å². The summed E-state index contributed by atoms with van der Waals surface area (Å²) < 4.78 is 12.0. The van der Waals surface area contributed by atoms with Gasteiger partial charge in [-0.25, -0.2) is 4.39 Å². The minimum atomic E-state index is -0.859. The summed E-state index contributed by atoms with van der Waals surface area (Å²) in [4.78, 5) is 21.4. The maximum atomic E-state index is 12.0. The largest absolute Gasteiger partial charge is 0.294 e. The van der Waals surface area contributed by atoms with Crippen LogP contribution < -0.4 is 0 Å². The predicted molar refractivity (Wildman–Crippen MR) is 69.4 cm³/mol. The molecule has 0 radical (unpaired) electrons. The lowest BCUT2D eigenvalue weighted by Crippen LogP contribution is -2.19. The van der Waals surface area contributed by atoms with Gasteiger partial charge in [0.2, 0.25) is 0 Å². The molecule has 98 valence electrons. The molecule has 0 fully saturated rings. The van der Waals surface area contributed by atoms with Crippen molar-refractivity contribution in [1.82, 2.24) is 0 Å². The van der Waals surface area contributed by atoms with E-state index in [4.69, 9.17) is 0 Å². The number of rotatable bonds is 2. The maximum absolute atomic E-state index is 12.0. The molecule has 2 nitrogen and oxygen atoms in total. The van der Waals surface area contributed by atoms with Crippen LogP contribution in [-0.2, 0) is 9.59 Å². The lowest BCUT2D eigenvalue weighted by Gasteiger charge is -2.13. The van der Waals surface area contributed by atoms with Crippen LogP contribution >= 0.6 is 0 Å². The molecule has 17 heavy (non-hydrogen) atoms. The summed E-state index contributed by atoms with van der Waals surface area (Å²) in [5.41, 5.74) is -0.881. The Hall–Kier alpha value is -1.25. The maximum Gasteiger partial charge on any atom is 0.195 e. The standard InChI is InChI=1S/C7H11FO.C7H12O/c1-5(8)6(9)7(2,3)4;1-5-6(8)7(2,3)4/h1H2,2-4H3;5H,1H2,2-4H3. The predicted octanol–water partition coefficient (Wildman–Crippen LogP) is 3.87. The van der Waals surface area contributed by atoms with Gasteiger partial charge in [-0.2, -0.15) is 0 Å². The third kappa shape index (κ3) is 8.55. The van der Waals surface area contributed by atoms with Crippen molar-refractivity contribution in [3.05, 3.63) is 25.1 Å². The second-order valence-electron chi connectivity index (χ2n) is 5.80. The molecule has 0 aliphatic heterocycles. The van der Waals surface area contributed by atoms with Gasteiger partial charge in [0.25, 0.3) is 0 Å². The zero-order valence-electron chi connectivity index (χ0n) is 11.7. The van der Waals surface area contributed by atoms with E-state index in [1.165, 1.54) is 6.08 Å². The highest BCUT2D eigenvalue weighted by molar-refractivity contribution is 5.96. The second kappa shape index (κ2) is 6.48. The molecular formula is C14H23FO2. The molecule has 0 bridgehead atoms. The highest BCUT2D eigenvalue weighted by Crippen LogP contribution is 2.18. The molecule has 0 atom stereocenters. The fourth-order valence-electron chi connectivity index (χ4n) is 0.713. The first kappa shape index (κ1) is 18.1. The molecule has 0 aromatic heterocycles. The smallest absolute Gasteiger partial charge is 0.195 e. The molecule has 0 unspecified atom stereocenters. The van der Waals surface area contributed by atoms with Crippen LogP contribution in [0.5, 0.6) is 0 Å². The van der Waals surface area contributed by atoms with Gasteiger partial charge in [0.05, 0.1) is 0 Å². The van der Waals surface area contributed by atoms with E-state index >= 15 is 0 Å². The van der Waals surface area contributed by atoms with Crippen LogP contribution in [0.15, 0.2) is 25.1 Å². The molecule has 0 aliphatic rings. The van der Waals surface area contributed by atoms with Crippen molar-refractivity contribution in [1.29, 1.82) is 0 Å². The summed E-state index contributed by atoms with van der Waals surface area (Å²) in [7, 11) is 0. The van der Waals surface area contributed by atoms with Gasteiger partial charge < -0.3 is 0 Å². The van der Waals surface area contributed by atoms with Crippen molar-refractivity contribution in [2.75, 3.05) is 0 Å². The van der Waals surface area contributed by atoms with Crippen molar-refractivity contribution in [2.45, 2.75) is 41.5 Å². The summed E-state index contributed by atoms with van der Waals surface area (Å²) in [6, 6.07) is 0. The molecule has 0 spiro atoms. The fraction of sp³-hybridized carbons (Fsp3) is 0.571. The first-order chi connectivity index (χ1) is 7.34. The van der Waals surface area contributed by atoms with Gasteiger partial charge in [-0.15, -0.1) is 0 Å². The van der Waals surface area contributed by atoms with E-state index in [1.54, 1.807) is 20.8 Å². The van der Waals surface area contributed by atoms with E-state index < -0.39 is 17.0 Å². The van der Waals surface area contributed by atoms with Crippen molar-refractivity contribution in [3.63, 3.8) is 0 Å². The van der Waals surface area contributed by atoms with Gasteiger partial charge in [-0.3, -0.25) is 9.59 Å². The molecule has 0 N–H and O–H groups in total. The normalized spacial score (nSPS) is 11.0. The number of halogens is 1. The number of allylic oxidation sites excluding steroid dienone is 2. The zero-order valence-corrected chi connectivity index (χ0v) is 11.7. The number of carbonyl (C=O) groups is 2. The van der Waals surface area contributed by atoms with Crippen LogP contribution in [-0.4, -0.2) is 11.6 Å². The van der Waals surface area contributed by atoms with Crippen LogP contribution in [0.3, 0.4) is 0 Å². The Morgan fingerprint density at radius 3 is 1.35 bits per heavy atom. The first-order valence-corrected chi connectivity index (χ1v) is 5.40. The minimum absolute atomic E-state index is 0.0949. The third-order valence-electron chi connectivity index (χ3n) is 1.85. The molecule has 0 saturated heterocycles. The fourth-order valence-corrected chi connectivity index (χ4v) is 0.713. The summed E-state index contributed by atoms with van der Waals surface area (Å²) in [6.07, 6.45) is 1.36. The summed E-state index contributed by atoms with van der Waals surface area (Å²) in [6.45, 7) is 16.9. The number of carbonyl (C=O) groups excluding carboxylic acids is 2. The lowest BCUT2D eigenvalue weighted by atomic mass is 9.90. The Bertz CT molecular complexity index is 314. The molecular weight excluding hydrogens is 219 g/mol. The van der Waals surface area contributed by atoms with Crippen molar-refractivity contribution < 1.29 is 14.0 Å². The van der Waals surface area contributed by atoms with Crippen LogP contribution in [0.4, 0.5) is 4.39 Å². The van der Waals surface area contributed by atoms with Crippen LogP contribution in [0, 0.1) is 10.8 Å². The van der Waals surface area contributed by atoms with Crippen LogP contribution in [0.2, 0.25) is 0 Å². The van der Waals surface area contributed by atoms with Gasteiger partial charge >= 0.3 is 0 Å². The van der Waals surface area contributed by atoms with Crippen molar-refractivity contribution in [3.8, 4) is 0 Å². The number of ketones is 2. The second-order valence-corrected chi connectivity index (χ2v) is 5.80. The van der Waals surface area contributed by atoms with Gasteiger partial charge in [-0.1, -0.05) is 54.7 Å². The quantitative estimate of drug-likeness (QED) is 0.689. The number of hydrogen-bond acceptors (Lipinski definition) is 2.